The van der Waals surface area contributed by atoms with Gasteiger partial charge < -0.3 is 18.9 Å². The first-order chi connectivity index (χ1) is 18.7. The Kier molecular flexibility index (Phi) is 10.3. The van der Waals surface area contributed by atoms with E-state index in [4.69, 9.17) is 9.47 Å². The zero-order valence-corrected chi connectivity index (χ0v) is 25.5. The molecule has 1 fully saturated rings. The van der Waals surface area contributed by atoms with Gasteiger partial charge in [0, 0.05) is 23.8 Å². The molecule has 1 N–H and O–H groups in total. The van der Waals surface area contributed by atoms with E-state index in [1.165, 1.54) is 0 Å². The van der Waals surface area contributed by atoms with Gasteiger partial charge >= 0.3 is 12.1 Å². The van der Waals surface area contributed by atoms with Crippen LogP contribution in [0.5, 0.6) is 0 Å². The molecule has 0 spiro atoms. The maximum absolute atomic E-state index is 13.6. The first-order valence-electron chi connectivity index (χ1n) is 13.8. The molecule has 1 saturated heterocycles. The number of carbonyl (C=O) groups excluding carboxylic acids is 2. The summed E-state index contributed by atoms with van der Waals surface area (Å²) in [4.78, 5) is 27.6. The van der Waals surface area contributed by atoms with Gasteiger partial charge in [0.25, 0.3) is 0 Å². The van der Waals surface area contributed by atoms with Gasteiger partial charge in [-0.2, -0.15) is 0 Å². The van der Waals surface area contributed by atoms with E-state index in [0.29, 0.717) is 25.8 Å². The highest BCUT2D eigenvalue weighted by Crippen LogP contribution is 2.34. The zero-order chi connectivity index (χ0) is 29.6. The van der Waals surface area contributed by atoms with Crippen molar-refractivity contribution in [2.24, 2.45) is 0 Å². The molecular formula is C32H42N2O5S. The van der Waals surface area contributed by atoms with E-state index in [1.54, 1.807) is 11.8 Å². The van der Waals surface area contributed by atoms with Crippen molar-refractivity contribution >= 4 is 23.4 Å². The molecule has 3 rings (SSSR count). The second-order valence-corrected chi connectivity index (χ2v) is 14.0. The number of nitrogens with one attached hydrogen (secondary N) is 1. The van der Waals surface area contributed by atoms with Gasteiger partial charge in [-0.1, -0.05) is 60.5 Å². The van der Waals surface area contributed by atoms with Crippen LogP contribution < -0.4 is 4.72 Å². The summed E-state index contributed by atoms with van der Waals surface area (Å²) >= 11 is -1.54. The number of amides is 1. The fourth-order valence-corrected chi connectivity index (χ4v) is 5.54. The summed E-state index contributed by atoms with van der Waals surface area (Å²) in [6.45, 7) is 13.5. The number of benzene rings is 2. The van der Waals surface area contributed by atoms with Gasteiger partial charge in [-0.05, 0) is 84.4 Å². The highest BCUT2D eigenvalue weighted by molar-refractivity contribution is 7.90. The van der Waals surface area contributed by atoms with Crippen molar-refractivity contribution in [1.82, 2.24) is 9.62 Å². The summed E-state index contributed by atoms with van der Waals surface area (Å²) < 4.78 is 27.1. The lowest BCUT2D eigenvalue weighted by atomic mass is 9.79. The average Bonchev–Trinajstić information content (AvgIpc) is 2.88. The van der Waals surface area contributed by atoms with Crippen molar-refractivity contribution in [3.63, 3.8) is 0 Å². The lowest BCUT2D eigenvalue weighted by molar-refractivity contribution is -0.136. The number of rotatable bonds is 6. The van der Waals surface area contributed by atoms with E-state index < -0.39 is 45.4 Å². The lowest BCUT2D eigenvalue weighted by Crippen LogP contribution is -2.68. The first kappa shape index (κ1) is 31.5. The van der Waals surface area contributed by atoms with Crippen molar-refractivity contribution in [2.45, 2.75) is 89.7 Å². The largest absolute Gasteiger partial charge is 0.598 e. The monoisotopic (exact) mass is 566 g/mol. The Morgan fingerprint density at radius 3 is 2.38 bits per heavy atom. The highest BCUT2D eigenvalue weighted by Gasteiger charge is 2.51. The molecule has 1 amide bonds. The predicted molar refractivity (Wildman–Crippen MR) is 160 cm³/mol. The molecule has 0 radical (unpaired) electrons. The fraction of sp³-hybridized carbons (Fsp3) is 0.500. The molecule has 0 aromatic heterocycles. The third-order valence-corrected chi connectivity index (χ3v) is 8.16. The minimum absolute atomic E-state index is 0.196. The van der Waals surface area contributed by atoms with Crippen LogP contribution in [0.4, 0.5) is 4.79 Å². The van der Waals surface area contributed by atoms with Crippen LogP contribution in [0.25, 0.3) is 11.1 Å². The topological polar surface area (TPSA) is 90.9 Å². The van der Waals surface area contributed by atoms with Crippen LogP contribution in [-0.2, 0) is 32.1 Å². The Labute approximate surface area is 242 Å². The Balaban J connectivity index is 2.13. The van der Waals surface area contributed by atoms with Crippen LogP contribution in [0.2, 0.25) is 0 Å². The predicted octanol–water partition coefficient (Wildman–Crippen LogP) is 5.65. The van der Waals surface area contributed by atoms with Crippen LogP contribution >= 0.6 is 0 Å². The standard InChI is InChI=1S/C32H42N2O5S/c1-8-38-28(35)18-20-32(33-40(37)31(5,6)7)19-13-21-34(29(36)39-30(2,3)4)27(32)23-24-14-12-17-26(22-24)25-15-10-9-11-16-25/h9-12,14-17,22,27,33H,8,13,19,21,23H2,1-7H3. The second kappa shape index (κ2) is 13.1. The molecule has 1 heterocycles. The Morgan fingerprint density at radius 2 is 1.75 bits per heavy atom. The smallest absolute Gasteiger partial charge is 0.410 e. The minimum Gasteiger partial charge on any atom is -0.598 e. The van der Waals surface area contributed by atoms with Gasteiger partial charge in [-0.25, -0.2) is 9.59 Å². The SMILES string of the molecule is CCOC(=O)C#CC1(N[S+]([O-])C(C)(C)C)CCCN(C(=O)OC(C)(C)C)C1Cc1cccc(-c2ccccc2)c1. The number of nitrogens with zero attached hydrogens (tertiary/aromatic N) is 1. The molecule has 3 unspecified atom stereocenters. The van der Waals surface area contributed by atoms with Crippen LogP contribution in [0.1, 0.15) is 66.9 Å². The van der Waals surface area contributed by atoms with Gasteiger partial charge in [0.1, 0.15) is 15.9 Å². The molecule has 7 nitrogen and oxygen atoms in total. The normalized spacial score (nSPS) is 20.2. The van der Waals surface area contributed by atoms with Crippen LogP contribution in [0.3, 0.4) is 0 Å². The number of likely N-dealkylation sites (tertiary alicyclic amines) is 1. The molecule has 216 valence electrons. The number of hydrogen-bond donors (Lipinski definition) is 1. The number of carbonyl (C=O) groups is 2. The summed E-state index contributed by atoms with van der Waals surface area (Å²) in [5.74, 6) is 5.07. The van der Waals surface area contributed by atoms with Gasteiger partial charge in [0.15, 0.2) is 0 Å². The number of esters is 1. The Morgan fingerprint density at radius 1 is 1.07 bits per heavy atom. The van der Waals surface area contributed by atoms with Gasteiger partial charge in [-0.15, -0.1) is 4.72 Å². The fourth-order valence-electron chi connectivity index (χ4n) is 4.61. The van der Waals surface area contributed by atoms with E-state index in [2.05, 4.69) is 34.8 Å². The Hall–Kier alpha value is -2.99. The summed E-state index contributed by atoms with van der Waals surface area (Å²) in [6, 6.07) is 17.6. The summed E-state index contributed by atoms with van der Waals surface area (Å²) in [5.41, 5.74) is 1.26. The molecule has 3 atom stereocenters. The molecule has 8 heteroatoms. The summed E-state index contributed by atoms with van der Waals surface area (Å²) in [7, 11) is 0. The zero-order valence-electron chi connectivity index (χ0n) is 24.7. The van der Waals surface area contributed by atoms with Crippen LogP contribution in [0.15, 0.2) is 54.6 Å². The van der Waals surface area contributed by atoms with Crippen molar-refractivity contribution in [2.75, 3.05) is 13.2 Å². The summed E-state index contributed by atoms with van der Waals surface area (Å²) in [5, 5.41) is 0. The minimum atomic E-state index is -1.54. The van der Waals surface area contributed by atoms with Crippen molar-refractivity contribution < 1.29 is 23.6 Å². The molecule has 1 aliphatic rings. The Bertz CT molecular complexity index is 1230. The maximum Gasteiger partial charge on any atom is 0.410 e. The second-order valence-electron chi connectivity index (χ2n) is 12.0. The molecule has 40 heavy (non-hydrogen) atoms. The molecule has 2 aromatic carbocycles. The quantitative estimate of drug-likeness (QED) is 0.210. The van der Waals surface area contributed by atoms with Gasteiger partial charge in [0.05, 0.1) is 12.6 Å². The third kappa shape index (κ3) is 8.50. The highest BCUT2D eigenvalue weighted by atomic mass is 32.2. The number of ether oxygens (including phenoxy) is 2. The van der Waals surface area contributed by atoms with Gasteiger partial charge in [-0.3, -0.25) is 0 Å². The molecule has 0 bridgehead atoms. The van der Waals surface area contributed by atoms with E-state index in [0.717, 1.165) is 16.7 Å². The van der Waals surface area contributed by atoms with E-state index in [9.17, 15) is 14.1 Å². The van der Waals surface area contributed by atoms with Crippen LogP contribution in [-0.4, -0.2) is 56.6 Å². The molecule has 2 aromatic rings. The van der Waals surface area contributed by atoms with E-state index in [-0.39, 0.29) is 6.61 Å². The average molecular weight is 567 g/mol. The third-order valence-electron chi connectivity index (χ3n) is 6.50. The molecule has 0 saturated carbocycles. The maximum atomic E-state index is 13.6. The summed E-state index contributed by atoms with van der Waals surface area (Å²) in [6.07, 6.45) is 1.02. The van der Waals surface area contributed by atoms with Crippen molar-refractivity contribution in [3.05, 3.63) is 60.2 Å². The van der Waals surface area contributed by atoms with Crippen molar-refractivity contribution in [3.8, 4) is 23.0 Å². The lowest BCUT2D eigenvalue weighted by Gasteiger charge is -2.47. The number of piperidine rings is 1. The van der Waals surface area contributed by atoms with Crippen LogP contribution in [0, 0.1) is 11.8 Å². The van der Waals surface area contributed by atoms with Gasteiger partial charge in [0.2, 0.25) is 0 Å². The first-order valence-corrected chi connectivity index (χ1v) is 14.9. The van der Waals surface area contributed by atoms with E-state index in [1.807, 2.05) is 77.9 Å². The van der Waals surface area contributed by atoms with E-state index >= 15 is 0 Å². The molecular weight excluding hydrogens is 524 g/mol. The number of hydrogen-bond acceptors (Lipinski definition) is 6. The van der Waals surface area contributed by atoms with Crippen molar-refractivity contribution in [1.29, 1.82) is 0 Å². The molecule has 1 aliphatic heterocycles. The molecule has 0 aliphatic carbocycles.